The number of rotatable bonds is 3. The van der Waals surface area contributed by atoms with Crippen LogP contribution in [0.5, 0.6) is 0 Å². The summed E-state index contributed by atoms with van der Waals surface area (Å²) in [5.41, 5.74) is 2.90. The number of hydrogen-bond acceptors (Lipinski definition) is 6. The second-order valence-electron chi connectivity index (χ2n) is 7.20. The molecule has 2 aromatic rings. The lowest BCUT2D eigenvalue weighted by molar-refractivity contribution is -0.385. The minimum atomic E-state index is -0.446. The van der Waals surface area contributed by atoms with Gasteiger partial charge in [-0.3, -0.25) is 14.9 Å². The molecule has 3 rings (SSSR count). The molecular weight excluding hydrogens is 358 g/mol. The molecule has 2 heterocycles. The molecule has 0 bridgehead atoms. The van der Waals surface area contributed by atoms with Gasteiger partial charge in [-0.1, -0.05) is 6.07 Å². The SMILES string of the molecule is Cc1nc(C)c(C)c(N2CCCN(C(=O)c3ccc(C)c([N+](=O)[O-])c3)CC2)n1. The van der Waals surface area contributed by atoms with Crippen LogP contribution in [0.1, 0.15) is 39.4 Å². The fraction of sp³-hybridized carbons (Fsp3) is 0.450. The highest BCUT2D eigenvalue weighted by Gasteiger charge is 2.24. The van der Waals surface area contributed by atoms with Gasteiger partial charge in [-0.25, -0.2) is 9.97 Å². The van der Waals surface area contributed by atoms with Gasteiger partial charge in [0.05, 0.1) is 4.92 Å². The van der Waals surface area contributed by atoms with Gasteiger partial charge in [0, 0.05) is 54.6 Å². The Labute approximate surface area is 164 Å². The van der Waals surface area contributed by atoms with Crippen molar-refractivity contribution in [3.63, 3.8) is 0 Å². The monoisotopic (exact) mass is 383 g/mol. The van der Waals surface area contributed by atoms with Crippen LogP contribution >= 0.6 is 0 Å². The summed E-state index contributed by atoms with van der Waals surface area (Å²) < 4.78 is 0. The number of carbonyl (C=O) groups excluding carboxylic acids is 1. The molecule has 0 unspecified atom stereocenters. The van der Waals surface area contributed by atoms with E-state index < -0.39 is 4.92 Å². The summed E-state index contributed by atoms with van der Waals surface area (Å²) in [7, 11) is 0. The molecule has 0 atom stereocenters. The highest BCUT2D eigenvalue weighted by Crippen LogP contribution is 2.23. The van der Waals surface area contributed by atoms with Crippen molar-refractivity contribution in [2.45, 2.75) is 34.1 Å². The molecular formula is C20H25N5O3. The predicted octanol–water partition coefficient (Wildman–Crippen LogP) is 2.97. The minimum Gasteiger partial charge on any atom is -0.354 e. The van der Waals surface area contributed by atoms with Gasteiger partial charge in [0.1, 0.15) is 11.6 Å². The van der Waals surface area contributed by atoms with Crippen LogP contribution in [0.4, 0.5) is 11.5 Å². The third kappa shape index (κ3) is 3.95. The average molecular weight is 383 g/mol. The summed E-state index contributed by atoms with van der Waals surface area (Å²) >= 11 is 0. The Morgan fingerprint density at radius 3 is 2.54 bits per heavy atom. The summed E-state index contributed by atoms with van der Waals surface area (Å²) in [4.78, 5) is 36.6. The molecule has 0 radical (unpaired) electrons. The summed E-state index contributed by atoms with van der Waals surface area (Å²) in [6.45, 7) is 10.2. The van der Waals surface area contributed by atoms with Gasteiger partial charge >= 0.3 is 0 Å². The topological polar surface area (TPSA) is 92.5 Å². The first kappa shape index (κ1) is 19.7. The van der Waals surface area contributed by atoms with E-state index in [1.807, 2.05) is 20.8 Å². The Hall–Kier alpha value is -3.03. The molecule has 8 nitrogen and oxygen atoms in total. The van der Waals surface area contributed by atoms with Crippen LogP contribution in [-0.4, -0.2) is 51.9 Å². The number of hydrogen-bond donors (Lipinski definition) is 0. The maximum absolute atomic E-state index is 12.9. The first-order valence-corrected chi connectivity index (χ1v) is 9.39. The van der Waals surface area contributed by atoms with Gasteiger partial charge in [0.25, 0.3) is 11.6 Å². The highest BCUT2D eigenvalue weighted by molar-refractivity contribution is 5.95. The van der Waals surface area contributed by atoms with Crippen LogP contribution in [0, 0.1) is 37.8 Å². The fourth-order valence-corrected chi connectivity index (χ4v) is 3.51. The number of aromatic nitrogens is 2. The van der Waals surface area contributed by atoms with Crippen LogP contribution in [0.15, 0.2) is 18.2 Å². The quantitative estimate of drug-likeness (QED) is 0.598. The molecule has 1 aliphatic heterocycles. The van der Waals surface area contributed by atoms with Gasteiger partial charge < -0.3 is 9.80 Å². The maximum atomic E-state index is 12.9. The van der Waals surface area contributed by atoms with Crippen LogP contribution in [0.25, 0.3) is 0 Å². The van der Waals surface area contributed by atoms with Crippen LogP contribution < -0.4 is 4.90 Å². The van der Waals surface area contributed by atoms with E-state index in [-0.39, 0.29) is 11.6 Å². The average Bonchev–Trinajstić information content (AvgIpc) is 2.90. The number of nitrogens with zero attached hydrogens (tertiary/aromatic N) is 5. The molecule has 28 heavy (non-hydrogen) atoms. The zero-order valence-corrected chi connectivity index (χ0v) is 16.7. The first-order valence-electron chi connectivity index (χ1n) is 9.39. The third-order valence-electron chi connectivity index (χ3n) is 5.21. The van der Waals surface area contributed by atoms with Crippen molar-refractivity contribution < 1.29 is 9.72 Å². The Kier molecular flexibility index (Phi) is 5.58. The third-order valence-corrected chi connectivity index (χ3v) is 5.21. The van der Waals surface area contributed by atoms with E-state index in [0.717, 1.165) is 35.9 Å². The molecule has 148 valence electrons. The summed E-state index contributed by atoms with van der Waals surface area (Å²) in [5.74, 6) is 1.49. The van der Waals surface area contributed by atoms with Crippen molar-refractivity contribution in [2.75, 3.05) is 31.1 Å². The van der Waals surface area contributed by atoms with E-state index >= 15 is 0 Å². The van der Waals surface area contributed by atoms with E-state index in [0.29, 0.717) is 30.8 Å². The second kappa shape index (κ2) is 7.92. The normalized spacial score (nSPS) is 14.7. The zero-order chi connectivity index (χ0) is 20.4. The van der Waals surface area contributed by atoms with Crippen LogP contribution in [0.2, 0.25) is 0 Å². The highest BCUT2D eigenvalue weighted by atomic mass is 16.6. The lowest BCUT2D eigenvalue weighted by Gasteiger charge is -2.25. The maximum Gasteiger partial charge on any atom is 0.273 e. The van der Waals surface area contributed by atoms with Crippen molar-refractivity contribution in [2.24, 2.45) is 0 Å². The second-order valence-corrected chi connectivity index (χ2v) is 7.20. The number of anilines is 1. The summed E-state index contributed by atoms with van der Waals surface area (Å²) in [6, 6.07) is 4.67. The zero-order valence-electron chi connectivity index (χ0n) is 16.7. The van der Waals surface area contributed by atoms with Gasteiger partial charge in [-0.15, -0.1) is 0 Å². The predicted molar refractivity (Wildman–Crippen MR) is 107 cm³/mol. The fourth-order valence-electron chi connectivity index (χ4n) is 3.51. The Bertz CT molecular complexity index is 928. The smallest absolute Gasteiger partial charge is 0.273 e. The molecule has 1 fully saturated rings. The Morgan fingerprint density at radius 1 is 1.07 bits per heavy atom. The largest absolute Gasteiger partial charge is 0.354 e. The van der Waals surface area contributed by atoms with Gasteiger partial charge in [0.15, 0.2) is 0 Å². The van der Waals surface area contributed by atoms with Gasteiger partial charge in [0.2, 0.25) is 0 Å². The van der Waals surface area contributed by atoms with Gasteiger partial charge in [-0.05, 0) is 40.2 Å². The molecule has 0 spiro atoms. The van der Waals surface area contributed by atoms with E-state index in [9.17, 15) is 14.9 Å². The standard InChI is InChI=1S/C20H25N5O3/c1-13-6-7-17(12-18(13)25(27)28)20(26)24-9-5-8-23(10-11-24)19-14(2)15(3)21-16(4)22-19/h6-7,12H,5,8-11H2,1-4H3. The molecule has 8 heteroatoms. The Balaban J connectivity index is 1.78. The lowest BCUT2D eigenvalue weighted by atomic mass is 10.1. The van der Waals surface area contributed by atoms with Crippen molar-refractivity contribution >= 4 is 17.4 Å². The van der Waals surface area contributed by atoms with Crippen LogP contribution in [0.3, 0.4) is 0 Å². The molecule has 1 aliphatic rings. The van der Waals surface area contributed by atoms with Crippen molar-refractivity contribution in [1.29, 1.82) is 0 Å². The molecule has 1 aromatic heterocycles. The summed E-state index contributed by atoms with van der Waals surface area (Å²) in [6.07, 6.45) is 0.807. The van der Waals surface area contributed by atoms with Crippen molar-refractivity contribution in [3.8, 4) is 0 Å². The van der Waals surface area contributed by atoms with E-state index in [2.05, 4.69) is 14.9 Å². The molecule has 1 amide bonds. The van der Waals surface area contributed by atoms with Crippen molar-refractivity contribution in [1.82, 2.24) is 14.9 Å². The molecule has 0 aliphatic carbocycles. The number of amides is 1. The lowest BCUT2D eigenvalue weighted by Crippen LogP contribution is -2.35. The number of aryl methyl sites for hydroxylation is 3. The van der Waals surface area contributed by atoms with E-state index in [1.54, 1.807) is 24.0 Å². The van der Waals surface area contributed by atoms with Crippen molar-refractivity contribution in [3.05, 3.63) is 56.5 Å². The minimum absolute atomic E-state index is 0.0233. The molecule has 0 N–H and O–H groups in total. The van der Waals surface area contributed by atoms with Gasteiger partial charge in [-0.2, -0.15) is 0 Å². The first-order chi connectivity index (χ1) is 13.3. The molecule has 0 saturated carbocycles. The molecule has 1 aromatic carbocycles. The number of benzene rings is 1. The summed E-state index contributed by atoms with van der Waals surface area (Å²) in [5, 5.41) is 11.2. The van der Waals surface area contributed by atoms with E-state index in [4.69, 9.17) is 0 Å². The number of nitro benzene ring substituents is 1. The number of carbonyl (C=O) groups is 1. The van der Waals surface area contributed by atoms with Crippen LogP contribution in [-0.2, 0) is 0 Å². The Morgan fingerprint density at radius 2 is 1.82 bits per heavy atom. The van der Waals surface area contributed by atoms with E-state index in [1.165, 1.54) is 6.07 Å². The number of nitro groups is 1. The molecule has 1 saturated heterocycles.